The third-order valence-electron chi connectivity index (χ3n) is 2.75. The van der Waals surface area contributed by atoms with Gasteiger partial charge < -0.3 is 9.32 Å². The van der Waals surface area contributed by atoms with Crippen LogP contribution in [0.1, 0.15) is 5.56 Å². The molecule has 2 heterocycles. The van der Waals surface area contributed by atoms with Gasteiger partial charge in [0.25, 0.3) is 0 Å². The first kappa shape index (κ1) is 11.1. The SMILES string of the molecule is CN(CCc1ccc2ncoc2c1)c1nnns1. The zero-order valence-electron chi connectivity index (χ0n) is 9.78. The molecule has 0 atom stereocenters. The average molecular weight is 261 g/mol. The van der Waals surface area contributed by atoms with Crippen molar-refractivity contribution < 1.29 is 4.42 Å². The molecule has 0 aliphatic rings. The molecule has 0 aliphatic carbocycles. The lowest BCUT2D eigenvalue weighted by atomic mass is 10.1. The molecule has 2 aromatic heterocycles. The second kappa shape index (κ2) is 4.69. The molecule has 1 aromatic carbocycles. The van der Waals surface area contributed by atoms with E-state index in [-0.39, 0.29) is 0 Å². The zero-order valence-corrected chi connectivity index (χ0v) is 10.6. The summed E-state index contributed by atoms with van der Waals surface area (Å²) in [6.45, 7) is 0.858. The van der Waals surface area contributed by atoms with E-state index in [1.165, 1.54) is 23.5 Å². The average Bonchev–Trinajstić information content (AvgIpc) is 3.05. The van der Waals surface area contributed by atoms with Crippen LogP contribution in [0.5, 0.6) is 0 Å². The molecule has 7 heteroatoms. The van der Waals surface area contributed by atoms with Gasteiger partial charge in [0.2, 0.25) is 5.13 Å². The summed E-state index contributed by atoms with van der Waals surface area (Å²) in [7, 11) is 1.98. The highest BCUT2D eigenvalue weighted by atomic mass is 32.1. The molecule has 0 bridgehead atoms. The smallest absolute Gasteiger partial charge is 0.227 e. The normalized spacial score (nSPS) is 10.9. The Kier molecular flexibility index (Phi) is 2.89. The second-order valence-corrected chi connectivity index (χ2v) is 4.68. The number of fused-ring (bicyclic) bond motifs is 1. The molecule has 3 rings (SSSR count). The predicted molar refractivity (Wildman–Crippen MR) is 68.7 cm³/mol. The Balaban J connectivity index is 1.69. The molecular formula is C11H11N5OS. The third kappa shape index (κ3) is 2.17. The number of aromatic nitrogens is 4. The Bertz CT molecular complexity index is 636. The van der Waals surface area contributed by atoms with E-state index in [0.29, 0.717) is 0 Å². The number of anilines is 1. The van der Waals surface area contributed by atoms with E-state index in [0.717, 1.165) is 29.2 Å². The topological polar surface area (TPSA) is 67.9 Å². The van der Waals surface area contributed by atoms with E-state index in [1.807, 2.05) is 24.1 Å². The predicted octanol–water partition coefficient (Wildman–Crippen LogP) is 1.75. The van der Waals surface area contributed by atoms with E-state index >= 15 is 0 Å². The quantitative estimate of drug-likeness (QED) is 0.712. The Hall–Kier alpha value is -2.02. The maximum atomic E-state index is 5.28. The molecule has 0 saturated carbocycles. The Morgan fingerprint density at radius 3 is 3.17 bits per heavy atom. The lowest BCUT2D eigenvalue weighted by molar-refractivity contribution is 0.601. The van der Waals surface area contributed by atoms with Gasteiger partial charge in [-0.25, -0.2) is 4.98 Å². The van der Waals surface area contributed by atoms with Crippen LogP contribution in [0.15, 0.2) is 29.0 Å². The second-order valence-electron chi connectivity index (χ2n) is 3.97. The molecule has 0 radical (unpaired) electrons. The Labute approximate surface area is 107 Å². The van der Waals surface area contributed by atoms with Crippen molar-refractivity contribution in [3.63, 3.8) is 0 Å². The van der Waals surface area contributed by atoms with Crippen molar-refractivity contribution in [1.29, 1.82) is 0 Å². The fraction of sp³-hybridized carbons (Fsp3) is 0.273. The van der Waals surface area contributed by atoms with Crippen LogP contribution in [0.3, 0.4) is 0 Å². The molecule has 3 aromatic rings. The van der Waals surface area contributed by atoms with Crippen molar-refractivity contribution in [2.24, 2.45) is 0 Å². The number of nitrogens with zero attached hydrogens (tertiary/aromatic N) is 5. The van der Waals surface area contributed by atoms with Crippen LogP contribution >= 0.6 is 11.5 Å². The van der Waals surface area contributed by atoms with E-state index in [9.17, 15) is 0 Å². The molecule has 92 valence electrons. The lowest BCUT2D eigenvalue weighted by Crippen LogP contribution is -2.20. The van der Waals surface area contributed by atoms with Crippen LogP contribution in [0, 0.1) is 0 Å². The summed E-state index contributed by atoms with van der Waals surface area (Å²) in [5.74, 6) is 0. The number of hydrogen-bond acceptors (Lipinski definition) is 7. The van der Waals surface area contributed by atoms with Gasteiger partial charge in [-0.15, -0.1) is 0 Å². The van der Waals surface area contributed by atoms with Gasteiger partial charge in [-0.2, -0.15) is 0 Å². The summed E-state index contributed by atoms with van der Waals surface area (Å²) in [5, 5.41) is 8.34. The molecular weight excluding hydrogens is 250 g/mol. The number of benzene rings is 1. The van der Waals surface area contributed by atoms with Crippen LogP contribution in [0.2, 0.25) is 0 Å². The maximum Gasteiger partial charge on any atom is 0.227 e. The van der Waals surface area contributed by atoms with E-state index in [1.54, 1.807) is 0 Å². The van der Waals surface area contributed by atoms with Crippen LogP contribution in [-0.2, 0) is 6.42 Å². The van der Waals surface area contributed by atoms with Crippen molar-refractivity contribution in [1.82, 2.24) is 19.8 Å². The zero-order chi connectivity index (χ0) is 12.4. The summed E-state index contributed by atoms with van der Waals surface area (Å²) in [6, 6.07) is 6.06. The minimum atomic E-state index is 0.827. The molecule has 0 N–H and O–H groups in total. The Morgan fingerprint density at radius 1 is 1.39 bits per heavy atom. The monoisotopic (exact) mass is 261 g/mol. The molecule has 0 unspecified atom stereocenters. The van der Waals surface area contributed by atoms with Crippen LogP contribution in [0.25, 0.3) is 11.1 Å². The van der Waals surface area contributed by atoms with Crippen molar-refractivity contribution in [2.45, 2.75) is 6.42 Å². The minimum Gasteiger partial charge on any atom is -0.443 e. The molecule has 18 heavy (non-hydrogen) atoms. The van der Waals surface area contributed by atoms with Crippen molar-refractivity contribution in [3.05, 3.63) is 30.2 Å². The van der Waals surface area contributed by atoms with Gasteiger partial charge >= 0.3 is 0 Å². The van der Waals surface area contributed by atoms with Crippen molar-refractivity contribution in [2.75, 3.05) is 18.5 Å². The molecule has 0 fully saturated rings. The van der Waals surface area contributed by atoms with Crippen LogP contribution < -0.4 is 4.90 Å². The maximum absolute atomic E-state index is 5.28. The molecule has 0 saturated heterocycles. The molecule has 0 spiro atoms. The van der Waals surface area contributed by atoms with Gasteiger partial charge in [0.1, 0.15) is 5.52 Å². The third-order valence-corrected chi connectivity index (χ3v) is 3.46. The Morgan fingerprint density at radius 2 is 2.33 bits per heavy atom. The van der Waals surface area contributed by atoms with Crippen molar-refractivity contribution >= 4 is 27.8 Å². The standard InChI is InChI=1S/C11H11N5OS/c1-16(11-13-14-15-18-11)5-4-8-2-3-9-10(6-8)17-7-12-9/h2-3,6-7H,4-5H2,1H3. The van der Waals surface area contributed by atoms with Gasteiger partial charge in [-0.05, 0) is 29.3 Å². The van der Waals surface area contributed by atoms with Gasteiger partial charge in [-0.1, -0.05) is 15.7 Å². The van der Waals surface area contributed by atoms with E-state index in [4.69, 9.17) is 4.42 Å². The summed E-state index contributed by atoms with van der Waals surface area (Å²) in [6.07, 6.45) is 2.38. The lowest BCUT2D eigenvalue weighted by Gasteiger charge is -2.13. The van der Waals surface area contributed by atoms with Crippen molar-refractivity contribution in [3.8, 4) is 0 Å². The first-order valence-electron chi connectivity index (χ1n) is 5.51. The molecule has 0 aliphatic heterocycles. The fourth-order valence-electron chi connectivity index (χ4n) is 1.72. The summed E-state index contributed by atoms with van der Waals surface area (Å²) < 4.78 is 9.03. The fourth-order valence-corrected chi connectivity index (χ4v) is 2.17. The van der Waals surface area contributed by atoms with Gasteiger partial charge in [0.15, 0.2) is 12.0 Å². The van der Waals surface area contributed by atoms with E-state index in [2.05, 4.69) is 25.9 Å². The highest BCUT2D eigenvalue weighted by Gasteiger charge is 2.06. The highest BCUT2D eigenvalue weighted by Crippen LogP contribution is 2.16. The highest BCUT2D eigenvalue weighted by molar-refractivity contribution is 7.09. The minimum absolute atomic E-state index is 0.827. The number of rotatable bonds is 4. The molecule has 6 nitrogen and oxygen atoms in total. The van der Waals surface area contributed by atoms with Gasteiger partial charge in [0, 0.05) is 25.1 Å². The summed E-state index contributed by atoms with van der Waals surface area (Å²) in [4.78, 5) is 6.13. The first-order chi connectivity index (χ1) is 8.83. The molecule has 0 amide bonds. The van der Waals surface area contributed by atoms with E-state index < -0.39 is 0 Å². The number of oxazole rings is 1. The summed E-state index contributed by atoms with van der Waals surface area (Å²) >= 11 is 1.30. The van der Waals surface area contributed by atoms with Crippen LogP contribution in [-0.4, -0.2) is 33.4 Å². The summed E-state index contributed by atoms with van der Waals surface area (Å²) in [5.41, 5.74) is 2.93. The van der Waals surface area contributed by atoms with Gasteiger partial charge in [-0.3, -0.25) is 0 Å². The largest absolute Gasteiger partial charge is 0.443 e. The number of hydrogen-bond donors (Lipinski definition) is 0. The number of likely N-dealkylation sites (N-methyl/N-ethyl adjacent to an activating group) is 1. The van der Waals surface area contributed by atoms with Crippen LogP contribution in [0.4, 0.5) is 5.13 Å². The van der Waals surface area contributed by atoms with Gasteiger partial charge in [0.05, 0.1) is 0 Å². The first-order valence-corrected chi connectivity index (χ1v) is 6.28.